The van der Waals surface area contributed by atoms with Gasteiger partial charge in [0.25, 0.3) is 0 Å². The first kappa shape index (κ1) is 26.4. The number of Topliss-reactive ketones (excluding diaryl/α,β-unsaturated/α-hetero) is 1. The molecule has 202 valence electrons. The van der Waals surface area contributed by atoms with E-state index in [0.717, 1.165) is 19.3 Å². The summed E-state index contributed by atoms with van der Waals surface area (Å²) in [6.07, 6.45) is 9.76. The smallest absolute Gasteiger partial charge is 0.302 e. The van der Waals surface area contributed by atoms with E-state index < -0.39 is 0 Å². The Morgan fingerprint density at radius 2 is 1.64 bits per heavy atom. The number of esters is 1. The third-order valence-electron chi connectivity index (χ3n) is 12.6. The van der Waals surface area contributed by atoms with Crippen LogP contribution in [0.1, 0.15) is 120 Å². The van der Waals surface area contributed by atoms with E-state index in [2.05, 4.69) is 55.4 Å². The summed E-state index contributed by atoms with van der Waals surface area (Å²) in [5, 5.41) is 0. The number of epoxide rings is 1. The molecule has 0 aromatic rings. The number of carbonyl (C=O) groups excluding carboxylic acids is 2. The number of hydrogen-bond donors (Lipinski definition) is 0. The lowest BCUT2D eigenvalue weighted by Crippen LogP contribution is -2.62. The van der Waals surface area contributed by atoms with Gasteiger partial charge in [0.1, 0.15) is 18.0 Å². The molecule has 5 rings (SSSR count). The molecule has 1 saturated heterocycles. The van der Waals surface area contributed by atoms with Gasteiger partial charge in [0.05, 0.1) is 5.60 Å². The summed E-state index contributed by atoms with van der Waals surface area (Å²) >= 11 is 0. The van der Waals surface area contributed by atoms with Crippen molar-refractivity contribution in [2.45, 2.75) is 138 Å². The first-order chi connectivity index (χ1) is 16.6. The SMILES string of the molecule is CC(=O)O[C@@H](C[C@@H](C)C1=C2CCC3[C@@]4(C)CCC(=O)C(C)(C)C4CC[C@]3(C)[C@@]2(C)CC1)[C@H]1OC1(C)C. The minimum Gasteiger partial charge on any atom is -0.460 e. The van der Waals surface area contributed by atoms with E-state index in [9.17, 15) is 9.59 Å². The molecule has 0 amide bonds. The highest BCUT2D eigenvalue weighted by Crippen LogP contribution is 2.74. The number of carbonyl (C=O) groups is 2. The summed E-state index contributed by atoms with van der Waals surface area (Å²) in [7, 11) is 0. The predicted octanol–water partition coefficient (Wildman–Crippen LogP) is 7.44. The molecular weight excluding hydrogens is 448 g/mol. The maximum Gasteiger partial charge on any atom is 0.302 e. The molecule has 4 fully saturated rings. The van der Waals surface area contributed by atoms with Crippen molar-refractivity contribution in [1.82, 2.24) is 0 Å². The monoisotopic (exact) mass is 498 g/mol. The topological polar surface area (TPSA) is 55.9 Å². The fraction of sp³-hybridized carbons (Fsp3) is 0.875. The number of hydrogen-bond acceptors (Lipinski definition) is 4. The van der Waals surface area contributed by atoms with E-state index in [1.807, 2.05) is 0 Å². The molecule has 4 aliphatic carbocycles. The summed E-state index contributed by atoms with van der Waals surface area (Å²) < 4.78 is 11.7. The highest BCUT2D eigenvalue weighted by molar-refractivity contribution is 5.85. The minimum absolute atomic E-state index is 0.00286. The van der Waals surface area contributed by atoms with Crippen LogP contribution in [0.2, 0.25) is 0 Å². The zero-order valence-electron chi connectivity index (χ0n) is 24.4. The molecule has 1 heterocycles. The van der Waals surface area contributed by atoms with Crippen LogP contribution in [0.4, 0.5) is 0 Å². The van der Waals surface area contributed by atoms with Crippen LogP contribution in [0, 0.1) is 39.4 Å². The third-order valence-corrected chi connectivity index (χ3v) is 12.6. The highest BCUT2D eigenvalue weighted by atomic mass is 16.6. The van der Waals surface area contributed by atoms with Gasteiger partial charge < -0.3 is 9.47 Å². The Labute approximate surface area is 219 Å². The Bertz CT molecular complexity index is 990. The van der Waals surface area contributed by atoms with Crippen LogP contribution in [0.3, 0.4) is 0 Å². The standard InChI is InChI=1S/C32H50O4/c1-19(18-23(35-20(2)33)27-29(5,6)36-27)21-12-16-31(8)22(21)10-11-25-30(7)15-14-26(34)28(3,4)24(30)13-17-32(25,31)9/h19,23-25,27H,10-18H2,1-9H3/t19-,23+,24?,25?,27-,30+,31+,32+/m1/s1. The average molecular weight is 499 g/mol. The molecule has 0 bridgehead atoms. The Morgan fingerprint density at radius 3 is 2.25 bits per heavy atom. The summed E-state index contributed by atoms with van der Waals surface area (Å²) in [6.45, 7) is 20.2. The second kappa shape index (κ2) is 8.17. The van der Waals surface area contributed by atoms with Gasteiger partial charge in [-0.05, 0) is 99.2 Å². The first-order valence-corrected chi connectivity index (χ1v) is 14.7. The van der Waals surface area contributed by atoms with Gasteiger partial charge in [-0.3, -0.25) is 9.59 Å². The minimum atomic E-state index is -0.209. The van der Waals surface area contributed by atoms with Crippen molar-refractivity contribution in [1.29, 1.82) is 0 Å². The Morgan fingerprint density at radius 1 is 0.972 bits per heavy atom. The normalized spacial score (nSPS) is 44.2. The molecule has 1 aliphatic heterocycles. The zero-order chi connectivity index (χ0) is 26.5. The number of fused-ring (bicyclic) bond motifs is 5. The maximum atomic E-state index is 12.9. The zero-order valence-corrected chi connectivity index (χ0v) is 24.4. The van der Waals surface area contributed by atoms with Gasteiger partial charge >= 0.3 is 5.97 Å². The van der Waals surface area contributed by atoms with Gasteiger partial charge in [0.2, 0.25) is 0 Å². The van der Waals surface area contributed by atoms with Crippen LogP contribution in [-0.2, 0) is 19.1 Å². The van der Waals surface area contributed by atoms with E-state index in [1.165, 1.54) is 45.4 Å². The molecule has 36 heavy (non-hydrogen) atoms. The van der Waals surface area contributed by atoms with Gasteiger partial charge in [-0.2, -0.15) is 0 Å². The Balaban J connectivity index is 1.42. The van der Waals surface area contributed by atoms with Crippen molar-refractivity contribution in [3.05, 3.63) is 11.1 Å². The lowest BCUT2D eigenvalue weighted by molar-refractivity contribution is -0.180. The van der Waals surface area contributed by atoms with Gasteiger partial charge in [-0.15, -0.1) is 0 Å². The fourth-order valence-corrected chi connectivity index (χ4v) is 10.4. The van der Waals surface area contributed by atoms with Gasteiger partial charge in [-0.1, -0.05) is 52.7 Å². The van der Waals surface area contributed by atoms with Crippen molar-refractivity contribution in [2.24, 2.45) is 39.4 Å². The van der Waals surface area contributed by atoms with Crippen LogP contribution >= 0.6 is 0 Å². The quantitative estimate of drug-likeness (QED) is 0.224. The number of rotatable bonds is 5. The molecule has 0 spiro atoms. The molecule has 0 N–H and O–H groups in total. The summed E-state index contributed by atoms with van der Waals surface area (Å²) in [6, 6.07) is 0. The fourth-order valence-electron chi connectivity index (χ4n) is 10.4. The lowest BCUT2D eigenvalue weighted by Gasteiger charge is -2.68. The third kappa shape index (κ3) is 3.62. The van der Waals surface area contributed by atoms with Crippen molar-refractivity contribution < 1.29 is 19.1 Å². The second-order valence-electron chi connectivity index (χ2n) is 15.0. The molecule has 4 nitrogen and oxygen atoms in total. The van der Waals surface area contributed by atoms with Crippen LogP contribution in [0.15, 0.2) is 11.1 Å². The largest absolute Gasteiger partial charge is 0.460 e. The molecule has 2 unspecified atom stereocenters. The van der Waals surface area contributed by atoms with Gasteiger partial charge in [0.15, 0.2) is 0 Å². The van der Waals surface area contributed by atoms with Crippen LogP contribution in [0.5, 0.6) is 0 Å². The number of allylic oxidation sites excluding steroid dienone is 2. The summed E-state index contributed by atoms with van der Waals surface area (Å²) in [5.74, 6) is 1.85. The molecule has 0 radical (unpaired) electrons. The Hall–Kier alpha value is -1.16. The van der Waals surface area contributed by atoms with Crippen molar-refractivity contribution in [3.8, 4) is 0 Å². The van der Waals surface area contributed by atoms with E-state index in [0.29, 0.717) is 23.5 Å². The van der Waals surface area contributed by atoms with Crippen LogP contribution in [-0.4, -0.2) is 29.6 Å². The van der Waals surface area contributed by atoms with Gasteiger partial charge in [0, 0.05) is 18.8 Å². The number of ketones is 1. The van der Waals surface area contributed by atoms with E-state index in [1.54, 1.807) is 11.1 Å². The van der Waals surface area contributed by atoms with Crippen molar-refractivity contribution >= 4 is 11.8 Å². The molecule has 8 atom stereocenters. The lowest BCUT2D eigenvalue weighted by atomic mass is 9.36. The number of ether oxygens (including phenoxy) is 2. The highest BCUT2D eigenvalue weighted by Gasteiger charge is 2.67. The van der Waals surface area contributed by atoms with E-state index in [-0.39, 0.29) is 45.4 Å². The van der Waals surface area contributed by atoms with Crippen molar-refractivity contribution in [2.75, 3.05) is 0 Å². The molecule has 0 aromatic carbocycles. The van der Waals surface area contributed by atoms with Crippen molar-refractivity contribution in [3.63, 3.8) is 0 Å². The van der Waals surface area contributed by atoms with E-state index >= 15 is 0 Å². The molecule has 3 saturated carbocycles. The molecular formula is C32H50O4. The molecule has 5 aliphatic rings. The molecule has 0 aromatic heterocycles. The van der Waals surface area contributed by atoms with Crippen LogP contribution < -0.4 is 0 Å². The summed E-state index contributed by atoms with van der Waals surface area (Å²) in [4.78, 5) is 24.8. The average Bonchev–Trinajstić information content (AvgIpc) is 3.25. The van der Waals surface area contributed by atoms with Crippen LogP contribution in [0.25, 0.3) is 0 Å². The Kier molecular flexibility index (Phi) is 6.00. The van der Waals surface area contributed by atoms with Gasteiger partial charge in [-0.25, -0.2) is 0 Å². The molecule has 4 heteroatoms. The van der Waals surface area contributed by atoms with E-state index in [4.69, 9.17) is 9.47 Å². The maximum absolute atomic E-state index is 12.9. The summed E-state index contributed by atoms with van der Waals surface area (Å²) in [5.41, 5.74) is 3.73. The predicted molar refractivity (Wildman–Crippen MR) is 142 cm³/mol. The second-order valence-corrected chi connectivity index (χ2v) is 15.0. The first-order valence-electron chi connectivity index (χ1n) is 14.7.